The Morgan fingerprint density at radius 1 is 0.293 bits per heavy atom. The molecule has 0 aromatic heterocycles. The number of aliphatic hydroxyl groups is 1. The number of ether oxygens (including phenoxy) is 4. The molecule has 3 N–H and O–H groups in total. The van der Waals surface area contributed by atoms with Crippen molar-refractivity contribution in [1.29, 1.82) is 0 Å². The van der Waals surface area contributed by atoms with E-state index in [0.717, 1.165) is 109 Å². The molecule has 3 unspecified atom stereocenters. The third-order valence-corrected chi connectivity index (χ3v) is 21.0. The average Bonchev–Trinajstić information content (AvgIpc) is 0.963. The van der Waals surface area contributed by atoms with Crippen molar-refractivity contribution in [1.82, 2.24) is 0 Å². The minimum Gasteiger partial charge on any atom is -0.462 e. The van der Waals surface area contributed by atoms with Crippen LogP contribution in [0.15, 0.2) is 0 Å². The van der Waals surface area contributed by atoms with Gasteiger partial charge in [0.05, 0.1) is 26.4 Å². The Balaban J connectivity index is 5.11. The maximum atomic E-state index is 13.1. The van der Waals surface area contributed by atoms with Gasteiger partial charge in [0.25, 0.3) is 0 Å². The van der Waals surface area contributed by atoms with E-state index in [4.69, 9.17) is 37.0 Å². The van der Waals surface area contributed by atoms with E-state index in [0.29, 0.717) is 31.6 Å². The van der Waals surface area contributed by atoms with Gasteiger partial charge in [0, 0.05) is 25.7 Å². The molecule has 0 fully saturated rings. The van der Waals surface area contributed by atoms with E-state index < -0.39 is 97.5 Å². The maximum Gasteiger partial charge on any atom is 0.472 e. The lowest BCUT2D eigenvalue weighted by Crippen LogP contribution is -2.30. The predicted molar refractivity (Wildman–Crippen MR) is 405 cm³/mol. The molecule has 588 valence electrons. The number of phosphoric ester groups is 2. The molecule has 0 aliphatic carbocycles. The second kappa shape index (κ2) is 71.7. The van der Waals surface area contributed by atoms with Gasteiger partial charge in [0.15, 0.2) is 12.2 Å². The summed E-state index contributed by atoms with van der Waals surface area (Å²) in [5, 5.41) is 10.6. The standard InChI is InChI=1S/C80H156O17P2/c1-7-10-12-14-16-17-18-19-20-21-22-23-24-28-31-34-37-40-44-51-57-63-78(83)91-69-75(96-79(84)64-58-52-45-41-38-35-32-29-26-25-27-30-33-36-39-43-49-55-61-73(6)9-3)70-94-98(86,87)92-66-74(81)67-93-99(88,89)95-71-76(68-90-77(82)62-56-50-42-15-13-11-8-2)97-80(85)65-59-53-47-46-48-54-60-72(4)5/h72-76,81H,7-71H2,1-6H3,(H,86,87)(H,88,89)/t73?,74-,75-,76-/m1/s1. The Hall–Kier alpha value is -1.94. The zero-order valence-corrected chi connectivity index (χ0v) is 66.6. The number of rotatable bonds is 79. The first kappa shape index (κ1) is 97.1. The number of hydrogen-bond acceptors (Lipinski definition) is 15. The fourth-order valence-corrected chi connectivity index (χ4v) is 13.9. The highest BCUT2D eigenvalue weighted by Gasteiger charge is 2.30. The van der Waals surface area contributed by atoms with Crippen molar-refractivity contribution in [3.05, 3.63) is 0 Å². The van der Waals surface area contributed by atoms with Crippen molar-refractivity contribution >= 4 is 39.5 Å². The molecule has 0 spiro atoms. The molecule has 0 aromatic carbocycles. The Labute approximate surface area is 607 Å². The summed E-state index contributed by atoms with van der Waals surface area (Å²) in [5.41, 5.74) is 0. The molecule has 0 bridgehead atoms. The number of unbranched alkanes of at least 4 members (excludes halogenated alkanes) is 48. The molecule has 0 saturated carbocycles. The fraction of sp³-hybridized carbons (Fsp3) is 0.950. The molecule has 0 amide bonds. The molecule has 0 aliphatic rings. The first-order valence-corrected chi connectivity index (χ1v) is 44.5. The van der Waals surface area contributed by atoms with E-state index in [1.807, 2.05) is 0 Å². The highest BCUT2D eigenvalue weighted by Crippen LogP contribution is 2.45. The minimum absolute atomic E-state index is 0.102. The highest BCUT2D eigenvalue weighted by atomic mass is 31.2. The lowest BCUT2D eigenvalue weighted by Gasteiger charge is -2.21. The van der Waals surface area contributed by atoms with Crippen molar-refractivity contribution in [2.45, 2.75) is 439 Å². The van der Waals surface area contributed by atoms with Crippen LogP contribution in [0.2, 0.25) is 0 Å². The fourth-order valence-electron chi connectivity index (χ4n) is 12.3. The van der Waals surface area contributed by atoms with Crippen molar-refractivity contribution in [2.75, 3.05) is 39.6 Å². The van der Waals surface area contributed by atoms with Crippen LogP contribution in [0.25, 0.3) is 0 Å². The SMILES string of the molecule is CCCCCCCCCCCCCCCCCCCCCCCC(=O)OC[C@H](COP(=O)(O)OC[C@@H](O)COP(=O)(O)OC[C@@H](COC(=O)CCCCCCCCC)OC(=O)CCCCCCCCC(C)C)OC(=O)CCCCCCCCCCCCCCCCCCCCC(C)CC. The van der Waals surface area contributed by atoms with Crippen LogP contribution in [-0.2, 0) is 65.4 Å². The summed E-state index contributed by atoms with van der Waals surface area (Å²) in [6.45, 7) is 9.54. The number of carbonyl (C=O) groups is 4. The molecular weight excluding hydrogens is 1290 g/mol. The lowest BCUT2D eigenvalue weighted by atomic mass is 9.99. The number of esters is 4. The van der Waals surface area contributed by atoms with Crippen LogP contribution in [0.1, 0.15) is 420 Å². The predicted octanol–water partition coefficient (Wildman–Crippen LogP) is 23.9. The van der Waals surface area contributed by atoms with Crippen molar-refractivity contribution in [3.8, 4) is 0 Å². The topological polar surface area (TPSA) is 237 Å². The van der Waals surface area contributed by atoms with E-state index in [9.17, 15) is 43.2 Å². The first-order chi connectivity index (χ1) is 47.9. The average molecular weight is 1450 g/mol. The van der Waals surface area contributed by atoms with Crippen LogP contribution in [-0.4, -0.2) is 96.7 Å². The summed E-state index contributed by atoms with van der Waals surface area (Å²) in [5.74, 6) is -0.582. The van der Waals surface area contributed by atoms with Crippen LogP contribution >= 0.6 is 15.6 Å². The second-order valence-corrected chi connectivity index (χ2v) is 32.4. The first-order valence-electron chi connectivity index (χ1n) is 41.5. The largest absolute Gasteiger partial charge is 0.472 e. The lowest BCUT2D eigenvalue weighted by molar-refractivity contribution is -0.161. The Morgan fingerprint density at radius 2 is 0.515 bits per heavy atom. The normalized spacial score (nSPS) is 14.2. The molecule has 0 saturated heterocycles. The third kappa shape index (κ3) is 72.8. The summed E-state index contributed by atoms with van der Waals surface area (Å²) >= 11 is 0. The van der Waals surface area contributed by atoms with Gasteiger partial charge in [-0.15, -0.1) is 0 Å². The molecule has 0 rings (SSSR count). The van der Waals surface area contributed by atoms with Gasteiger partial charge >= 0.3 is 39.5 Å². The third-order valence-electron chi connectivity index (χ3n) is 19.1. The number of phosphoric acid groups is 2. The van der Waals surface area contributed by atoms with Gasteiger partial charge in [-0.1, -0.05) is 369 Å². The molecule has 0 aliphatic heterocycles. The van der Waals surface area contributed by atoms with Gasteiger partial charge in [-0.3, -0.25) is 37.3 Å². The summed E-state index contributed by atoms with van der Waals surface area (Å²) in [7, 11) is -9.91. The van der Waals surface area contributed by atoms with Crippen LogP contribution in [0, 0.1) is 11.8 Å². The minimum atomic E-state index is -4.96. The van der Waals surface area contributed by atoms with Gasteiger partial charge in [0.1, 0.15) is 19.3 Å². The molecule has 99 heavy (non-hydrogen) atoms. The zero-order chi connectivity index (χ0) is 72.8. The Morgan fingerprint density at radius 3 is 0.768 bits per heavy atom. The summed E-state index contributed by atoms with van der Waals surface area (Å²) in [6, 6.07) is 0. The van der Waals surface area contributed by atoms with E-state index in [-0.39, 0.29) is 25.7 Å². The van der Waals surface area contributed by atoms with Gasteiger partial charge < -0.3 is 33.8 Å². The monoisotopic (exact) mass is 1450 g/mol. The molecule has 19 heteroatoms. The van der Waals surface area contributed by atoms with E-state index in [2.05, 4.69) is 41.5 Å². The van der Waals surface area contributed by atoms with Crippen LogP contribution in [0.5, 0.6) is 0 Å². The van der Waals surface area contributed by atoms with Gasteiger partial charge in [0.2, 0.25) is 0 Å². The highest BCUT2D eigenvalue weighted by molar-refractivity contribution is 7.47. The van der Waals surface area contributed by atoms with Gasteiger partial charge in [-0.05, 0) is 37.5 Å². The smallest absolute Gasteiger partial charge is 0.462 e. The van der Waals surface area contributed by atoms with E-state index in [1.54, 1.807) is 0 Å². The molecule has 0 heterocycles. The van der Waals surface area contributed by atoms with Gasteiger partial charge in [-0.2, -0.15) is 0 Å². The molecular formula is C80H156O17P2. The van der Waals surface area contributed by atoms with Crippen LogP contribution in [0.4, 0.5) is 0 Å². The van der Waals surface area contributed by atoms with E-state index in [1.165, 1.54) is 225 Å². The van der Waals surface area contributed by atoms with Gasteiger partial charge in [-0.25, -0.2) is 9.13 Å². The van der Waals surface area contributed by atoms with Crippen LogP contribution in [0.3, 0.4) is 0 Å². The van der Waals surface area contributed by atoms with Crippen molar-refractivity contribution in [3.63, 3.8) is 0 Å². The second-order valence-electron chi connectivity index (χ2n) is 29.5. The van der Waals surface area contributed by atoms with Crippen LogP contribution < -0.4 is 0 Å². The van der Waals surface area contributed by atoms with Crippen molar-refractivity contribution in [2.24, 2.45) is 11.8 Å². The number of aliphatic hydroxyl groups excluding tert-OH is 1. The Kier molecular flexibility index (Phi) is 70.3. The Bertz CT molecular complexity index is 1910. The zero-order valence-electron chi connectivity index (χ0n) is 64.8. The molecule has 17 nitrogen and oxygen atoms in total. The summed E-state index contributed by atoms with van der Waals surface area (Å²) in [6.07, 6.45) is 61.7. The quantitative estimate of drug-likeness (QED) is 0.0222. The maximum absolute atomic E-state index is 13.1. The summed E-state index contributed by atoms with van der Waals surface area (Å²) < 4.78 is 68.4. The van der Waals surface area contributed by atoms with E-state index >= 15 is 0 Å². The molecule has 0 radical (unpaired) electrons. The molecule has 0 aromatic rings. The molecule has 6 atom stereocenters. The van der Waals surface area contributed by atoms with Crippen molar-refractivity contribution < 1.29 is 80.2 Å². The summed E-state index contributed by atoms with van der Waals surface area (Å²) in [4.78, 5) is 72.7. The number of hydrogen-bond donors (Lipinski definition) is 3. The number of carbonyl (C=O) groups excluding carboxylic acids is 4.